The zero-order valence-corrected chi connectivity index (χ0v) is 12.9. The Morgan fingerprint density at radius 3 is 2.00 bits per heavy atom. The van der Waals surface area contributed by atoms with Crippen LogP contribution in [0.2, 0.25) is 0 Å². The lowest BCUT2D eigenvalue weighted by atomic mass is 9.88. The molecule has 0 heterocycles. The molecule has 0 saturated carbocycles. The number of hydrogen-bond acceptors (Lipinski definition) is 1. The van der Waals surface area contributed by atoms with E-state index in [0.29, 0.717) is 11.4 Å². The van der Waals surface area contributed by atoms with Crippen molar-refractivity contribution in [3.05, 3.63) is 35.4 Å². The van der Waals surface area contributed by atoms with Gasteiger partial charge in [-0.15, -0.1) is 0 Å². The lowest BCUT2D eigenvalue weighted by molar-refractivity contribution is 0.0255. The van der Waals surface area contributed by atoms with E-state index in [1.54, 1.807) is 0 Å². The van der Waals surface area contributed by atoms with Crippen LogP contribution in [0.5, 0.6) is 0 Å². The van der Waals surface area contributed by atoms with Crippen molar-refractivity contribution in [3.63, 3.8) is 0 Å². The van der Waals surface area contributed by atoms with Crippen molar-refractivity contribution >= 4 is 50.7 Å². The summed E-state index contributed by atoms with van der Waals surface area (Å²) in [4.78, 5) is 0. The van der Waals surface area contributed by atoms with Crippen molar-refractivity contribution in [1.29, 1.82) is 0 Å². The van der Waals surface area contributed by atoms with E-state index in [4.69, 9.17) is 34.8 Å². The summed E-state index contributed by atoms with van der Waals surface area (Å²) in [5.41, 5.74) is -1.57. The predicted molar refractivity (Wildman–Crippen MR) is 73.6 cm³/mol. The summed E-state index contributed by atoms with van der Waals surface area (Å²) in [5.74, 6) is -1.58. The molecule has 0 fully saturated rings. The van der Waals surface area contributed by atoms with E-state index in [1.807, 2.05) is 0 Å². The van der Waals surface area contributed by atoms with Crippen LogP contribution in [-0.4, -0.2) is 14.2 Å². The van der Waals surface area contributed by atoms with Gasteiger partial charge >= 0.3 is 0 Å². The highest BCUT2D eigenvalue weighted by Crippen LogP contribution is 2.42. The third-order valence-corrected chi connectivity index (χ3v) is 3.20. The van der Waals surface area contributed by atoms with Gasteiger partial charge in [-0.1, -0.05) is 50.7 Å². The van der Waals surface area contributed by atoms with Crippen LogP contribution in [-0.2, 0) is 5.60 Å². The van der Waals surface area contributed by atoms with Gasteiger partial charge in [0.05, 0.1) is 5.60 Å². The first-order chi connectivity index (χ1) is 8.16. The number of alkyl halides is 4. The zero-order chi connectivity index (χ0) is 14.0. The predicted octanol–water partition coefficient (Wildman–Crippen LogP) is 4.70. The smallest absolute Gasteiger partial charge is 0.193 e. The average Bonchev–Trinajstić information content (AvgIpc) is 2.13. The van der Waals surface area contributed by atoms with Crippen LogP contribution in [0.3, 0.4) is 0 Å². The molecule has 1 aromatic rings. The first-order valence-corrected chi connectivity index (χ1v) is 7.23. The van der Waals surface area contributed by atoms with Gasteiger partial charge in [-0.3, -0.25) is 0 Å². The molecule has 0 bridgehead atoms. The summed E-state index contributed by atoms with van der Waals surface area (Å²) in [5, 5.41) is 10.8. The van der Waals surface area contributed by atoms with Crippen molar-refractivity contribution in [2.45, 2.75) is 22.2 Å². The highest BCUT2D eigenvalue weighted by molar-refractivity contribution is 9.09. The molecule has 1 unspecified atom stereocenters. The van der Waals surface area contributed by atoms with E-state index in [-0.39, 0.29) is 18.4 Å². The summed E-state index contributed by atoms with van der Waals surface area (Å²) in [7, 11) is 0. The first-order valence-electron chi connectivity index (χ1n) is 4.98. The second-order valence-electron chi connectivity index (χ2n) is 3.92. The number of rotatable bonds is 4. The molecular formula is C11H10BrCl3F2O. The number of hydrogen-bond donors (Lipinski definition) is 1. The SMILES string of the molecule is OC(CCBr)(CC(Cl)(Cl)Cl)c1cc(F)cc(F)c1. The number of benzene rings is 1. The molecule has 0 aliphatic heterocycles. The van der Waals surface area contributed by atoms with Crippen LogP contribution >= 0.6 is 50.7 Å². The third-order valence-electron chi connectivity index (χ3n) is 2.40. The van der Waals surface area contributed by atoms with Crippen LogP contribution in [0.4, 0.5) is 8.78 Å². The molecule has 7 heteroatoms. The Balaban J connectivity index is 3.17. The van der Waals surface area contributed by atoms with E-state index in [9.17, 15) is 13.9 Å². The molecule has 1 N–H and O–H groups in total. The second kappa shape index (κ2) is 6.23. The Bertz CT molecular complexity index is 405. The number of halogens is 6. The zero-order valence-electron chi connectivity index (χ0n) is 9.07. The van der Waals surface area contributed by atoms with Crippen LogP contribution in [0.25, 0.3) is 0 Å². The Kier molecular flexibility index (Phi) is 5.69. The minimum atomic E-state index is -1.72. The van der Waals surface area contributed by atoms with Crippen molar-refractivity contribution in [1.82, 2.24) is 0 Å². The van der Waals surface area contributed by atoms with Gasteiger partial charge in [-0.2, -0.15) is 0 Å². The van der Waals surface area contributed by atoms with Crippen LogP contribution in [0.15, 0.2) is 18.2 Å². The Morgan fingerprint density at radius 2 is 1.61 bits per heavy atom. The molecule has 0 aliphatic carbocycles. The summed E-state index contributed by atoms with van der Waals surface area (Å²) in [6.07, 6.45) is -0.108. The van der Waals surface area contributed by atoms with Gasteiger partial charge in [0.25, 0.3) is 0 Å². The van der Waals surface area contributed by atoms with E-state index < -0.39 is 21.0 Å². The fourth-order valence-corrected chi connectivity index (χ4v) is 2.96. The molecule has 1 atom stereocenters. The summed E-state index contributed by atoms with van der Waals surface area (Å²) in [6, 6.07) is 2.78. The van der Waals surface area contributed by atoms with Gasteiger partial charge in [-0.25, -0.2) is 8.78 Å². The lowest BCUT2D eigenvalue weighted by Gasteiger charge is -2.31. The third kappa shape index (κ3) is 4.82. The average molecular weight is 382 g/mol. The minimum absolute atomic E-state index is 0.0470. The van der Waals surface area contributed by atoms with Crippen LogP contribution < -0.4 is 0 Å². The molecule has 1 nitrogen and oxygen atoms in total. The van der Waals surface area contributed by atoms with Gasteiger partial charge in [-0.05, 0) is 24.1 Å². The van der Waals surface area contributed by atoms with E-state index in [2.05, 4.69) is 15.9 Å². The quantitative estimate of drug-likeness (QED) is 0.749. The standard InChI is InChI=1S/C11H10BrCl3F2O/c12-2-1-10(18,6-11(13,14)15)7-3-8(16)5-9(17)4-7/h3-5,18H,1-2,6H2. The second-order valence-corrected chi connectivity index (χ2v) is 7.23. The fourth-order valence-electron chi connectivity index (χ4n) is 1.65. The van der Waals surface area contributed by atoms with Gasteiger partial charge in [0.15, 0.2) is 3.79 Å². The van der Waals surface area contributed by atoms with Crippen molar-refractivity contribution in [3.8, 4) is 0 Å². The normalized spacial score (nSPS) is 15.5. The van der Waals surface area contributed by atoms with Crippen LogP contribution in [0, 0.1) is 11.6 Å². The van der Waals surface area contributed by atoms with E-state index in [0.717, 1.165) is 12.1 Å². The summed E-state index contributed by atoms with van der Waals surface area (Å²) in [6.45, 7) is 0. The first kappa shape index (κ1) is 16.4. The highest BCUT2D eigenvalue weighted by atomic mass is 79.9. The number of aliphatic hydroxyl groups is 1. The highest BCUT2D eigenvalue weighted by Gasteiger charge is 2.38. The monoisotopic (exact) mass is 380 g/mol. The van der Waals surface area contributed by atoms with Crippen LogP contribution in [0.1, 0.15) is 18.4 Å². The Labute approximate surface area is 127 Å². The molecule has 0 radical (unpaired) electrons. The van der Waals surface area contributed by atoms with E-state index in [1.165, 1.54) is 0 Å². The van der Waals surface area contributed by atoms with Gasteiger partial charge in [0, 0.05) is 17.8 Å². The lowest BCUT2D eigenvalue weighted by Crippen LogP contribution is -2.31. The maximum Gasteiger partial charge on any atom is 0.193 e. The maximum atomic E-state index is 13.2. The van der Waals surface area contributed by atoms with Crippen molar-refractivity contribution in [2.24, 2.45) is 0 Å². The minimum Gasteiger partial charge on any atom is -0.385 e. The molecule has 0 spiro atoms. The summed E-state index contributed by atoms with van der Waals surface area (Å²) >= 11 is 20.1. The van der Waals surface area contributed by atoms with Gasteiger partial charge < -0.3 is 5.11 Å². The van der Waals surface area contributed by atoms with Gasteiger partial charge in [0.2, 0.25) is 0 Å². The molecular weight excluding hydrogens is 372 g/mol. The molecule has 18 heavy (non-hydrogen) atoms. The maximum absolute atomic E-state index is 13.2. The molecule has 102 valence electrons. The Morgan fingerprint density at radius 1 is 1.11 bits per heavy atom. The Hall–Kier alpha value is 0.390. The van der Waals surface area contributed by atoms with Crippen molar-refractivity contribution < 1.29 is 13.9 Å². The topological polar surface area (TPSA) is 20.2 Å². The largest absolute Gasteiger partial charge is 0.385 e. The molecule has 0 amide bonds. The summed E-state index contributed by atoms with van der Waals surface area (Å²) < 4.78 is 24.6. The van der Waals surface area contributed by atoms with Crippen molar-refractivity contribution in [2.75, 3.05) is 5.33 Å². The van der Waals surface area contributed by atoms with Gasteiger partial charge in [0.1, 0.15) is 11.6 Å². The van der Waals surface area contributed by atoms with E-state index >= 15 is 0 Å². The fraction of sp³-hybridized carbons (Fsp3) is 0.455. The molecule has 0 aromatic heterocycles. The molecule has 1 aromatic carbocycles. The molecule has 0 aliphatic rings. The molecule has 1 rings (SSSR count). The molecule has 0 saturated heterocycles.